The molecule has 0 bridgehead atoms. The number of benzene rings is 2. The molecule has 2 aromatic heterocycles. The summed E-state index contributed by atoms with van der Waals surface area (Å²) in [6, 6.07) is 8.67. The monoisotopic (exact) mass is 352 g/mol. The molecular formula is C19H14F2N4O. The highest BCUT2D eigenvalue weighted by Crippen LogP contribution is 2.30. The molecule has 4 aromatic rings. The largest absolute Gasteiger partial charge is 0.366 e. The average molecular weight is 352 g/mol. The summed E-state index contributed by atoms with van der Waals surface area (Å²) >= 11 is 0. The maximum Gasteiger partial charge on any atom is 0.248 e. The first kappa shape index (κ1) is 16.1. The normalized spacial score (nSPS) is 11.4. The molecule has 0 aliphatic carbocycles. The van der Waals surface area contributed by atoms with Crippen molar-refractivity contribution in [1.82, 2.24) is 14.4 Å². The van der Waals surface area contributed by atoms with Crippen LogP contribution in [0.2, 0.25) is 0 Å². The van der Waals surface area contributed by atoms with E-state index in [0.717, 1.165) is 6.07 Å². The van der Waals surface area contributed by atoms with Crippen molar-refractivity contribution in [2.24, 2.45) is 5.73 Å². The Morgan fingerprint density at radius 2 is 1.81 bits per heavy atom. The Morgan fingerprint density at radius 3 is 2.54 bits per heavy atom. The summed E-state index contributed by atoms with van der Waals surface area (Å²) in [5.41, 5.74) is 8.53. The van der Waals surface area contributed by atoms with Crippen LogP contribution in [0, 0.1) is 25.5 Å². The molecule has 0 fully saturated rings. The van der Waals surface area contributed by atoms with Gasteiger partial charge < -0.3 is 5.73 Å². The minimum absolute atomic E-state index is 0.0566. The van der Waals surface area contributed by atoms with Gasteiger partial charge in [0.05, 0.1) is 22.4 Å². The van der Waals surface area contributed by atoms with Gasteiger partial charge in [0.25, 0.3) is 0 Å². The molecule has 1 amide bonds. The molecule has 2 aromatic carbocycles. The molecule has 0 radical (unpaired) electrons. The number of hydrogen-bond donors (Lipinski definition) is 1. The first-order chi connectivity index (χ1) is 12.4. The fourth-order valence-electron chi connectivity index (χ4n) is 3.25. The van der Waals surface area contributed by atoms with Gasteiger partial charge in [0.15, 0.2) is 5.82 Å². The first-order valence-corrected chi connectivity index (χ1v) is 7.91. The third kappa shape index (κ3) is 2.32. The van der Waals surface area contributed by atoms with E-state index < -0.39 is 17.5 Å². The molecule has 0 atom stereocenters. The Morgan fingerprint density at radius 1 is 1.08 bits per heavy atom. The summed E-state index contributed by atoms with van der Waals surface area (Å²) in [4.78, 5) is 20.3. The molecule has 5 nitrogen and oxygen atoms in total. The van der Waals surface area contributed by atoms with E-state index in [4.69, 9.17) is 5.73 Å². The zero-order valence-electron chi connectivity index (χ0n) is 14.0. The van der Waals surface area contributed by atoms with Crippen LogP contribution in [0.3, 0.4) is 0 Å². The van der Waals surface area contributed by atoms with Crippen molar-refractivity contribution in [1.29, 1.82) is 0 Å². The summed E-state index contributed by atoms with van der Waals surface area (Å²) in [5.74, 6) is -1.55. The second kappa shape index (κ2) is 5.59. The van der Waals surface area contributed by atoms with Gasteiger partial charge in [-0.2, -0.15) is 0 Å². The van der Waals surface area contributed by atoms with Crippen molar-refractivity contribution in [3.63, 3.8) is 0 Å². The van der Waals surface area contributed by atoms with Crippen molar-refractivity contribution in [2.75, 3.05) is 0 Å². The summed E-state index contributed by atoms with van der Waals surface area (Å²) in [7, 11) is 0. The van der Waals surface area contributed by atoms with Crippen LogP contribution in [0.4, 0.5) is 8.78 Å². The minimum atomic E-state index is -0.742. The van der Waals surface area contributed by atoms with Crippen LogP contribution in [-0.4, -0.2) is 20.3 Å². The molecular weight excluding hydrogens is 338 g/mol. The molecule has 0 aliphatic heterocycles. The fourth-order valence-corrected chi connectivity index (χ4v) is 3.25. The van der Waals surface area contributed by atoms with Crippen LogP contribution in [0.15, 0.2) is 36.4 Å². The zero-order valence-corrected chi connectivity index (χ0v) is 14.0. The molecule has 130 valence electrons. The quantitative estimate of drug-likeness (QED) is 0.600. The van der Waals surface area contributed by atoms with E-state index >= 15 is 0 Å². The zero-order chi connectivity index (χ0) is 18.6. The standard InChI is InChI=1S/C19H14F2N4O/c1-9-17-10(2)24-19(12-5-3-4-11(6-12)18(22)26)25(17)15-8-13(20)7-14(21)16(15)23-9/h3-8H,1-2H3,(H2,22,26). The number of nitrogens with two attached hydrogens (primary N) is 1. The van der Waals surface area contributed by atoms with E-state index in [1.807, 2.05) is 0 Å². The predicted octanol–water partition coefficient (Wildman–Crippen LogP) is 3.54. The van der Waals surface area contributed by atoms with Gasteiger partial charge in [-0.3, -0.25) is 9.20 Å². The van der Waals surface area contributed by atoms with E-state index in [9.17, 15) is 13.6 Å². The second-order valence-corrected chi connectivity index (χ2v) is 6.10. The molecule has 0 saturated carbocycles. The minimum Gasteiger partial charge on any atom is -0.366 e. The summed E-state index contributed by atoms with van der Waals surface area (Å²) in [5, 5.41) is 0. The number of nitrogens with zero attached hydrogens (tertiary/aromatic N) is 3. The van der Waals surface area contributed by atoms with Gasteiger partial charge in [0, 0.05) is 23.3 Å². The number of rotatable bonds is 2. The van der Waals surface area contributed by atoms with Gasteiger partial charge in [-0.05, 0) is 26.0 Å². The highest BCUT2D eigenvalue weighted by molar-refractivity contribution is 5.94. The number of primary amides is 1. The number of aryl methyl sites for hydroxylation is 2. The first-order valence-electron chi connectivity index (χ1n) is 7.91. The van der Waals surface area contributed by atoms with Crippen LogP contribution < -0.4 is 5.73 Å². The fraction of sp³-hybridized carbons (Fsp3) is 0.105. The van der Waals surface area contributed by atoms with Crippen molar-refractivity contribution >= 4 is 22.5 Å². The number of carbonyl (C=O) groups is 1. The topological polar surface area (TPSA) is 73.3 Å². The lowest BCUT2D eigenvalue weighted by Gasteiger charge is -2.09. The van der Waals surface area contributed by atoms with Gasteiger partial charge in [-0.1, -0.05) is 12.1 Å². The Kier molecular flexibility index (Phi) is 3.47. The number of aromatic nitrogens is 3. The lowest BCUT2D eigenvalue weighted by atomic mass is 10.1. The number of fused-ring (bicyclic) bond motifs is 3. The molecule has 7 heteroatoms. The third-order valence-electron chi connectivity index (χ3n) is 4.33. The van der Waals surface area contributed by atoms with Crippen molar-refractivity contribution in [3.05, 3.63) is 65.0 Å². The van der Waals surface area contributed by atoms with Crippen LogP contribution in [0.5, 0.6) is 0 Å². The molecule has 4 rings (SSSR count). The van der Waals surface area contributed by atoms with Crippen LogP contribution in [0.1, 0.15) is 21.7 Å². The van der Waals surface area contributed by atoms with Gasteiger partial charge in [-0.25, -0.2) is 18.7 Å². The van der Waals surface area contributed by atoms with Gasteiger partial charge >= 0.3 is 0 Å². The Labute approximate surface area is 147 Å². The van der Waals surface area contributed by atoms with E-state index in [1.165, 1.54) is 6.07 Å². The highest BCUT2D eigenvalue weighted by Gasteiger charge is 2.19. The number of halogens is 2. The lowest BCUT2D eigenvalue weighted by molar-refractivity contribution is 0.100. The Balaban J connectivity index is 2.17. The van der Waals surface area contributed by atoms with E-state index in [2.05, 4.69) is 9.97 Å². The number of imidazole rings is 1. The van der Waals surface area contributed by atoms with Crippen molar-refractivity contribution in [3.8, 4) is 11.4 Å². The van der Waals surface area contributed by atoms with E-state index in [0.29, 0.717) is 33.9 Å². The van der Waals surface area contributed by atoms with Gasteiger partial charge in [0.1, 0.15) is 17.2 Å². The lowest BCUT2D eigenvalue weighted by Crippen LogP contribution is -2.10. The molecule has 2 N–H and O–H groups in total. The SMILES string of the molecule is Cc1nc(-c2cccc(C(N)=O)c2)n2c1c(C)nc1c(F)cc(F)cc12. The van der Waals surface area contributed by atoms with Crippen molar-refractivity contribution in [2.45, 2.75) is 13.8 Å². The number of hydrogen-bond acceptors (Lipinski definition) is 3. The third-order valence-corrected chi connectivity index (χ3v) is 4.33. The van der Waals surface area contributed by atoms with Gasteiger partial charge in [-0.15, -0.1) is 0 Å². The van der Waals surface area contributed by atoms with Crippen LogP contribution in [-0.2, 0) is 0 Å². The second-order valence-electron chi connectivity index (χ2n) is 6.10. The average Bonchev–Trinajstić information content (AvgIpc) is 2.95. The predicted molar refractivity (Wildman–Crippen MR) is 93.8 cm³/mol. The maximum atomic E-state index is 14.3. The summed E-state index contributed by atoms with van der Waals surface area (Å²) in [6.07, 6.45) is 0. The van der Waals surface area contributed by atoms with Crippen LogP contribution >= 0.6 is 0 Å². The number of amides is 1. The van der Waals surface area contributed by atoms with Crippen LogP contribution in [0.25, 0.3) is 27.9 Å². The maximum absolute atomic E-state index is 14.3. The molecule has 2 heterocycles. The van der Waals surface area contributed by atoms with Crippen molar-refractivity contribution < 1.29 is 13.6 Å². The summed E-state index contributed by atoms with van der Waals surface area (Å²) in [6.45, 7) is 3.54. The van der Waals surface area contributed by atoms with E-state index in [-0.39, 0.29) is 11.0 Å². The van der Waals surface area contributed by atoms with Gasteiger partial charge in [0.2, 0.25) is 5.91 Å². The van der Waals surface area contributed by atoms with E-state index in [1.54, 1.807) is 42.5 Å². The molecule has 0 saturated heterocycles. The molecule has 0 spiro atoms. The molecule has 0 aliphatic rings. The smallest absolute Gasteiger partial charge is 0.248 e. The number of carbonyl (C=O) groups excluding carboxylic acids is 1. The highest BCUT2D eigenvalue weighted by atomic mass is 19.1. The summed E-state index contributed by atoms with van der Waals surface area (Å²) < 4.78 is 29.8. The molecule has 26 heavy (non-hydrogen) atoms. The molecule has 0 unspecified atom stereocenters. The Hall–Kier alpha value is -3.35. The Bertz CT molecular complexity index is 1210.